The van der Waals surface area contributed by atoms with Crippen LogP contribution in [0.25, 0.3) is 0 Å². The molecule has 0 saturated carbocycles. The Labute approximate surface area is 123 Å². The van der Waals surface area contributed by atoms with Crippen molar-refractivity contribution in [2.75, 3.05) is 13.6 Å². The summed E-state index contributed by atoms with van der Waals surface area (Å²) in [6.45, 7) is 0.158. The van der Waals surface area contributed by atoms with Crippen molar-refractivity contribution in [2.24, 2.45) is 0 Å². The van der Waals surface area contributed by atoms with Crippen molar-refractivity contribution < 1.29 is 14.7 Å². The molecule has 21 heavy (non-hydrogen) atoms. The van der Waals surface area contributed by atoms with Crippen LogP contribution >= 0.6 is 0 Å². The van der Waals surface area contributed by atoms with E-state index in [9.17, 15) is 14.7 Å². The summed E-state index contributed by atoms with van der Waals surface area (Å²) >= 11 is 0. The lowest BCUT2D eigenvalue weighted by Crippen LogP contribution is -2.33. The maximum atomic E-state index is 12.3. The number of hydrogen-bond acceptors (Lipinski definition) is 3. The van der Waals surface area contributed by atoms with E-state index >= 15 is 0 Å². The molecule has 0 bridgehead atoms. The average molecular weight is 286 g/mol. The molecule has 1 aromatic carbocycles. The molecule has 1 aliphatic heterocycles. The van der Waals surface area contributed by atoms with Gasteiger partial charge >= 0.3 is 0 Å². The van der Waals surface area contributed by atoms with Gasteiger partial charge < -0.3 is 15.3 Å². The highest BCUT2D eigenvalue weighted by Crippen LogP contribution is 2.30. The van der Waals surface area contributed by atoms with Gasteiger partial charge in [-0.05, 0) is 30.4 Å². The van der Waals surface area contributed by atoms with Crippen LogP contribution in [0.15, 0.2) is 35.6 Å². The number of aryl methyl sites for hydroxylation is 1. The Kier molecular flexibility index (Phi) is 3.41. The number of fused-ring (bicyclic) bond motifs is 1. The number of benzene rings is 1. The lowest BCUT2D eigenvalue weighted by Gasteiger charge is -2.26. The van der Waals surface area contributed by atoms with Crippen LogP contribution in [0.1, 0.15) is 30.0 Å². The van der Waals surface area contributed by atoms with Gasteiger partial charge in [0.1, 0.15) is 0 Å². The fourth-order valence-electron chi connectivity index (χ4n) is 3.02. The Balaban J connectivity index is 1.79. The van der Waals surface area contributed by atoms with E-state index in [2.05, 4.69) is 11.4 Å². The fraction of sp³-hybridized carbons (Fsp3) is 0.375. The highest BCUT2D eigenvalue weighted by atomic mass is 16.3. The van der Waals surface area contributed by atoms with E-state index in [1.54, 1.807) is 7.05 Å². The van der Waals surface area contributed by atoms with Gasteiger partial charge in [-0.15, -0.1) is 0 Å². The Bertz CT molecular complexity index is 636. The van der Waals surface area contributed by atoms with Gasteiger partial charge in [-0.1, -0.05) is 24.3 Å². The second-order valence-electron chi connectivity index (χ2n) is 5.61. The zero-order chi connectivity index (χ0) is 15.0. The molecule has 0 saturated heterocycles. The summed E-state index contributed by atoms with van der Waals surface area (Å²) in [5.41, 5.74) is 2.55. The first kappa shape index (κ1) is 13.7. The lowest BCUT2D eigenvalue weighted by molar-refractivity contribution is -0.126. The van der Waals surface area contributed by atoms with E-state index in [4.69, 9.17) is 0 Å². The third-order valence-electron chi connectivity index (χ3n) is 4.18. The van der Waals surface area contributed by atoms with E-state index in [0.29, 0.717) is 0 Å². The van der Waals surface area contributed by atoms with Gasteiger partial charge in [0.15, 0.2) is 5.76 Å². The van der Waals surface area contributed by atoms with E-state index in [-0.39, 0.29) is 24.1 Å². The van der Waals surface area contributed by atoms with Crippen molar-refractivity contribution in [1.82, 2.24) is 10.2 Å². The highest BCUT2D eigenvalue weighted by molar-refractivity contribution is 6.06. The predicted molar refractivity (Wildman–Crippen MR) is 77.6 cm³/mol. The molecule has 0 unspecified atom stereocenters. The molecule has 2 amide bonds. The van der Waals surface area contributed by atoms with Gasteiger partial charge in [-0.3, -0.25) is 9.59 Å². The van der Waals surface area contributed by atoms with Crippen LogP contribution < -0.4 is 5.32 Å². The average Bonchev–Trinajstić information content (AvgIpc) is 2.75. The van der Waals surface area contributed by atoms with Crippen molar-refractivity contribution in [1.29, 1.82) is 0 Å². The SMILES string of the molecule is CN1CC(C(=O)N[C@@H]2CCCc3ccccc32)=C(O)C1=O. The maximum absolute atomic E-state index is 12.3. The third-order valence-corrected chi connectivity index (χ3v) is 4.18. The molecule has 1 aromatic rings. The largest absolute Gasteiger partial charge is 0.503 e. The van der Waals surface area contributed by atoms with Crippen LogP contribution in [0.2, 0.25) is 0 Å². The molecule has 1 aliphatic carbocycles. The molecule has 5 heteroatoms. The number of aliphatic hydroxyl groups is 1. The van der Waals surface area contributed by atoms with Gasteiger partial charge in [-0.2, -0.15) is 0 Å². The Hall–Kier alpha value is -2.30. The van der Waals surface area contributed by atoms with E-state index in [0.717, 1.165) is 24.8 Å². The quantitative estimate of drug-likeness (QED) is 0.865. The van der Waals surface area contributed by atoms with Crippen LogP contribution in [0.3, 0.4) is 0 Å². The molecule has 5 nitrogen and oxygen atoms in total. The second-order valence-corrected chi connectivity index (χ2v) is 5.61. The standard InChI is InChI=1S/C16H18N2O3/c1-18-9-12(14(19)16(18)21)15(20)17-13-8-4-6-10-5-2-3-7-11(10)13/h2-3,5,7,13,19H,4,6,8-9H2,1H3,(H,17,20)/t13-/m1/s1. The first-order valence-corrected chi connectivity index (χ1v) is 7.14. The molecular weight excluding hydrogens is 268 g/mol. The van der Waals surface area contributed by atoms with E-state index in [1.807, 2.05) is 18.2 Å². The number of nitrogens with zero attached hydrogens (tertiary/aromatic N) is 1. The summed E-state index contributed by atoms with van der Waals surface area (Å²) in [7, 11) is 1.56. The van der Waals surface area contributed by atoms with Crippen molar-refractivity contribution in [3.05, 3.63) is 46.7 Å². The Morgan fingerprint density at radius 1 is 1.38 bits per heavy atom. The molecule has 1 atom stereocenters. The minimum Gasteiger partial charge on any atom is -0.503 e. The Morgan fingerprint density at radius 3 is 2.86 bits per heavy atom. The number of rotatable bonds is 2. The summed E-state index contributed by atoms with van der Waals surface area (Å²) in [5, 5.41) is 12.7. The number of carbonyl (C=O) groups excluding carboxylic acids is 2. The first-order valence-electron chi connectivity index (χ1n) is 7.14. The summed E-state index contributed by atoms with van der Waals surface area (Å²) in [6.07, 6.45) is 2.92. The molecule has 1 heterocycles. The molecule has 2 N–H and O–H groups in total. The fourth-order valence-corrected chi connectivity index (χ4v) is 3.02. The number of hydrogen-bond donors (Lipinski definition) is 2. The zero-order valence-corrected chi connectivity index (χ0v) is 11.9. The molecule has 3 rings (SSSR count). The number of amides is 2. The van der Waals surface area contributed by atoms with Crippen LogP contribution in [0.5, 0.6) is 0 Å². The highest BCUT2D eigenvalue weighted by Gasteiger charge is 2.33. The summed E-state index contributed by atoms with van der Waals surface area (Å²) < 4.78 is 0. The van der Waals surface area contributed by atoms with Crippen molar-refractivity contribution >= 4 is 11.8 Å². The van der Waals surface area contributed by atoms with Gasteiger partial charge in [0.2, 0.25) is 0 Å². The number of likely N-dealkylation sites (N-methyl/N-ethyl adjacent to an activating group) is 1. The predicted octanol–water partition coefficient (Wildman–Crippen LogP) is 1.46. The molecule has 0 spiro atoms. The van der Waals surface area contributed by atoms with Crippen LogP contribution in [-0.2, 0) is 16.0 Å². The van der Waals surface area contributed by atoms with Crippen LogP contribution in [-0.4, -0.2) is 35.4 Å². The topological polar surface area (TPSA) is 69.6 Å². The smallest absolute Gasteiger partial charge is 0.289 e. The molecule has 0 fully saturated rings. The van der Waals surface area contributed by atoms with Crippen LogP contribution in [0, 0.1) is 0 Å². The normalized spacial score (nSPS) is 21.5. The zero-order valence-electron chi connectivity index (χ0n) is 11.9. The molecule has 110 valence electrons. The molecule has 0 radical (unpaired) electrons. The second kappa shape index (κ2) is 5.24. The number of aliphatic hydroxyl groups excluding tert-OH is 1. The van der Waals surface area contributed by atoms with Gasteiger partial charge in [0.25, 0.3) is 11.8 Å². The van der Waals surface area contributed by atoms with E-state index < -0.39 is 11.7 Å². The lowest BCUT2D eigenvalue weighted by atomic mass is 9.87. The monoisotopic (exact) mass is 286 g/mol. The Morgan fingerprint density at radius 2 is 2.14 bits per heavy atom. The minimum atomic E-state index is -0.496. The van der Waals surface area contributed by atoms with E-state index in [1.165, 1.54) is 10.5 Å². The molecule has 0 aromatic heterocycles. The third kappa shape index (κ3) is 2.39. The van der Waals surface area contributed by atoms with Gasteiger partial charge in [-0.25, -0.2) is 0 Å². The number of nitrogens with one attached hydrogen (secondary N) is 1. The van der Waals surface area contributed by atoms with Crippen LogP contribution in [0.4, 0.5) is 0 Å². The first-order chi connectivity index (χ1) is 10.1. The number of carbonyl (C=O) groups is 2. The summed E-state index contributed by atoms with van der Waals surface area (Å²) in [4.78, 5) is 25.2. The molecule has 2 aliphatic rings. The maximum Gasteiger partial charge on any atom is 0.289 e. The van der Waals surface area contributed by atoms with Gasteiger partial charge in [0, 0.05) is 7.05 Å². The summed E-state index contributed by atoms with van der Waals surface area (Å²) in [6, 6.07) is 8.02. The minimum absolute atomic E-state index is 0.0521. The van der Waals surface area contributed by atoms with Crippen molar-refractivity contribution in [3.8, 4) is 0 Å². The molecular formula is C16H18N2O3. The van der Waals surface area contributed by atoms with Gasteiger partial charge in [0.05, 0.1) is 18.2 Å². The van der Waals surface area contributed by atoms with Crippen molar-refractivity contribution in [2.45, 2.75) is 25.3 Å². The van der Waals surface area contributed by atoms with Crippen molar-refractivity contribution in [3.63, 3.8) is 0 Å². The summed E-state index contributed by atoms with van der Waals surface area (Å²) in [5.74, 6) is -1.28.